The Bertz CT molecular complexity index is 870. The maximum Gasteiger partial charge on any atom is 0.341 e. The van der Waals surface area contributed by atoms with Crippen LogP contribution in [0.2, 0.25) is 0 Å². The van der Waals surface area contributed by atoms with Gasteiger partial charge in [-0.3, -0.25) is 14.9 Å². The Morgan fingerprint density at radius 1 is 1.21 bits per heavy atom. The van der Waals surface area contributed by atoms with Gasteiger partial charge in [0.2, 0.25) is 0 Å². The first-order valence-electron chi connectivity index (χ1n) is 8.51. The monoisotopic (exact) mass is 389 g/mol. The molecule has 9 heteroatoms. The standard InChI is InChI=1S/C19H20FN3O5/c1-12(18(24)22-10-9-13-3-5-14(20)6-4-13)28-19(25)16-11-15(23(26)27)7-8-17(16)21-2/h3-8,11-12,21H,9-10H2,1-2H3,(H,22,24)/t12-/m0/s1. The number of carbonyl (C=O) groups is 2. The number of nitrogens with zero attached hydrogens (tertiary/aromatic N) is 1. The molecule has 0 aromatic heterocycles. The zero-order valence-electron chi connectivity index (χ0n) is 15.4. The minimum atomic E-state index is -1.09. The lowest BCUT2D eigenvalue weighted by Gasteiger charge is -2.15. The van der Waals surface area contributed by atoms with Crippen molar-refractivity contribution in [2.24, 2.45) is 0 Å². The smallest absolute Gasteiger partial charge is 0.341 e. The van der Waals surface area contributed by atoms with E-state index in [4.69, 9.17) is 4.74 Å². The zero-order valence-corrected chi connectivity index (χ0v) is 15.4. The Kier molecular flexibility index (Phi) is 7.02. The van der Waals surface area contributed by atoms with Crippen LogP contribution in [0.3, 0.4) is 0 Å². The van der Waals surface area contributed by atoms with Crippen LogP contribution in [-0.2, 0) is 16.0 Å². The van der Waals surface area contributed by atoms with Crippen molar-refractivity contribution < 1.29 is 23.6 Å². The first-order valence-corrected chi connectivity index (χ1v) is 8.51. The van der Waals surface area contributed by atoms with Crippen LogP contribution < -0.4 is 10.6 Å². The van der Waals surface area contributed by atoms with Crippen LogP contribution in [0.4, 0.5) is 15.8 Å². The van der Waals surface area contributed by atoms with Gasteiger partial charge in [-0.2, -0.15) is 0 Å². The summed E-state index contributed by atoms with van der Waals surface area (Å²) in [6.45, 7) is 1.69. The molecule has 148 valence electrons. The van der Waals surface area contributed by atoms with Gasteiger partial charge in [-0.05, 0) is 37.1 Å². The number of nitro groups is 1. The number of amides is 1. The third-order valence-electron chi connectivity index (χ3n) is 3.98. The molecule has 0 saturated heterocycles. The quantitative estimate of drug-likeness (QED) is 0.408. The molecule has 2 rings (SSSR count). The minimum Gasteiger partial charge on any atom is -0.449 e. The summed E-state index contributed by atoms with van der Waals surface area (Å²) in [6.07, 6.45) is -0.605. The molecule has 0 spiro atoms. The van der Waals surface area contributed by atoms with Crippen molar-refractivity contribution in [1.82, 2.24) is 5.32 Å². The Morgan fingerprint density at radius 2 is 1.89 bits per heavy atom. The van der Waals surface area contributed by atoms with E-state index in [9.17, 15) is 24.1 Å². The molecule has 2 aromatic rings. The molecule has 0 saturated carbocycles. The van der Waals surface area contributed by atoms with E-state index in [-0.39, 0.29) is 23.6 Å². The molecule has 1 amide bonds. The van der Waals surface area contributed by atoms with Crippen LogP contribution >= 0.6 is 0 Å². The van der Waals surface area contributed by atoms with E-state index in [1.54, 1.807) is 19.2 Å². The number of nitro benzene ring substituents is 1. The van der Waals surface area contributed by atoms with Crippen molar-refractivity contribution in [2.75, 3.05) is 18.9 Å². The van der Waals surface area contributed by atoms with Crippen molar-refractivity contribution in [3.05, 3.63) is 69.5 Å². The molecule has 0 fully saturated rings. The molecule has 2 aromatic carbocycles. The molecule has 2 N–H and O–H groups in total. The van der Waals surface area contributed by atoms with Gasteiger partial charge in [-0.15, -0.1) is 0 Å². The Morgan fingerprint density at radius 3 is 2.50 bits per heavy atom. The van der Waals surface area contributed by atoms with Gasteiger partial charge in [-0.25, -0.2) is 9.18 Å². The summed E-state index contributed by atoms with van der Waals surface area (Å²) in [5.41, 5.74) is 0.895. The molecule has 0 bridgehead atoms. The highest BCUT2D eigenvalue weighted by Crippen LogP contribution is 2.23. The molecule has 0 heterocycles. The van der Waals surface area contributed by atoms with Gasteiger partial charge in [0.15, 0.2) is 6.10 Å². The molecule has 0 aliphatic rings. The first-order chi connectivity index (χ1) is 13.3. The number of rotatable bonds is 8. The highest BCUT2D eigenvalue weighted by atomic mass is 19.1. The number of non-ortho nitro benzene ring substituents is 1. The van der Waals surface area contributed by atoms with Crippen molar-refractivity contribution in [1.29, 1.82) is 0 Å². The number of hydrogen-bond donors (Lipinski definition) is 2. The summed E-state index contributed by atoms with van der Waals surface area (Å²) in [5, 5.41) is 16.3. The lowest BCUT2D eigenvalue weighted by Crippen LogP contribution is -2.37. The Hall–Kier alpha value is -3.49. The average Bonchev–Trinajstić information content (AvgIpc) is 2.68. The predicted molar refractivity (Wildman–Crippen MR) is 101 cm³/mol. The molecule has 28 heavy (non-hydrogen) atoms. The minimum absolute atomic E-state index is 0.0392. The number of anilines is 1. The molecule has 0 radical (unpaired) electrons. The van der Waals surface area contributed by atoms with Crippen LogP contribution in [0, 0.1) is 15.9 Å². The summed E-state index contributed by atoms with van der Waals surface area (Å²) < 4.78 is 18.0. The fourth-order valence-corrected chi connectivity index (χ4v) is 2.44. The van der Waals surface area contributed by atoms with Gasteiger partial charge in [0.1, 0.15) is 5.82 Å². The van der Waals surface area contributed by atoms with Crippen LogP contribution in [0.1, 0.15) is 22.8 Å². The lowest BCUT2D eigenvalue weighted by molar-refractivity contribution is -0.384. The van der Waals surface area contributed by atoms with E-state index in [0.717, 1.165) is 11.6 Å². The fourth-order valence-electron chi connectivity index (χ4n) is 2.44. The molecular formula is C19H20FN3O5. The fraction of sp³-hybridized carbons (Fsp3) is 0.263. The number of esters is 1. The number of halogens is 1. The number of ether oxygens (including phenoxy) is 1. The SMILES string of the molecule is CNc1ccc([N+](=O)[O-])cc1C(=O)O[C@@H](C)C(=O)NCCc1ccc(F)cc1. The van der Waals surface area contributed by atoms with Gasteiger partial charge in [0.25, 0.3) is 11.6 Å². The number of hydrogen-bond acceptors (Lipinski definition) is 6. The Balaban J connectivity index is 1.93. The largest absolute Gasteiger partial charge is 0.449 e. The van der Waals surface area contributed by atoms with Gasteiger partial charge < -0.3 is 15.4 Å². The second kappa shape index (κ2) is 9.45. The molecule has 0 aliphatic heterocycles. The lowest BCUT2D eigenvalue weighted by atomic mass is 10.1. The second-order valence-electron chi connectivity index (χ2n) is 5.95. The van der Waals surface area contributed by atoms with Crippen molar-refractivity contribution in [2.45, 2.75) is 19.4 Å². The summed E-state index contributed by atoms with van der Waals surface area (Å²) in [5.74, 6) is -1.70. The van der Waals surface area contributed by atoms with Gasteiger partial charge in [0, 0.05) is 31.4 Å². The second-order valence-corrected chi connectivity index (χ2v) is 5.95. The average molecular weight is 389 g/mol. The van der Waals surface area contributed by atoms with Gasteiger partial charge >= 0.3 is 5.97 Å². The van der Waals surface area contributed by atoms with Gasteiger partial charge in [-0.1, -0.05) is 12.1 Å². The van der Waals surface area contributed by atoms with Crippen LogP contribution in [-0.4, -0.2) is 36.5 Å². The zero-order chi connectivity index (χ0) is 20.7. The summed E-state index contributed by atoms with van der Waals surface area (Å²) in [6, 6.07) is 9.64. The maximum absolute atomic E-state index is 12.9. The third-order valence-corrected chi connectivity index (χ3v) is 3.98. The van der Waals surface area contributed by atoms with Crippen LogP contribution in [0.5, 0.6) is 0 Å². The van der Waals surface area contributed by atoms with E-state index in [2.05, 4.69) is 10.6 Å². The summed E-state index contributed by atoms with van der Waals surface area (Å²) >= 11 is 0. The number of nitrogens with one attached hydrogen (secondary N) is 2. The third kappa shape index (κ3) is 5.50. The van der Waals surface area contributed by atoms with E-state index in [0.29, 0.717) is 12.1 Å². The van der Waals surface area contributed by atoms with Gasteiger partial charge in [0.05, 0.1) is 10.5 Å². The molecule has 0 aliphatic carbocycles. The highest BCUT2D eigenvalue weighted by Gasteiger charge is 2.22. The van der Waals surface area contributed by atoms with Crippen molar-refractivity contribution in [3.63, 3.8) is 0 Å². The van der Waals surface area contributed by atoms with Crippen LogP contribution in [0.15, 0.2) is 42.5 Å². The van der Waals surface area contributed by atoms with E-state index in [1.807, 2.05) is 0 Å². The molecule has 0 unspecified atom stereocenters. The Labute approximate surface area is 160 Å². The number of carbonyl (C=O) groups excluding carboxylic acids is 2. The van der Waals surface area contributed by atoms with E-state index < -0.39 is 22.9 Å². The maximum atomic E-state index is 12.9. The summed E-state index contributed by atoms with van der Waals surface area (Å²) in [4.78, 5) is 34.7. The van der Waals surface area contributed by atoms with Crippen molar-refractivity contribution >= 4 is 23.3 Å². The predicted octanol–water partition coefficient (Wildman–Crippen LogP) is 2.68. The van der Waals surface area contributed by atoms with E-state index in [1.165, 1.54) is 31.2 Å². The number of benzene rings is 2. The van der Waals surface area contributed by atoms with E-state index >= 15 is 0 Å². The summed E-state index contributed by atoms with van der Waals surface area (Å²) in [7, 11) is 1.56. The first kappa shape index (κ1) is 20.8. The normalized spacial score (nSPS) is 11.4. The van der Waals surface area contributed by atoms with Crippen LogP contribution in [0.25, 0.3) is 0 Å². The topological polar surface area (TPSA) is 111 Å². The highest BCUT2D eigenvalue weighted by molar-refractivity contribution is 5.98. The molecule has 1 atom stereocenters. The molecular weight excluding hydrogens is 369 g/mol. The van der Waals surface area contributed by atoms with Crippen molar-refractivity contribution in [3.8, 4) is 0 Å². The molecule has 8 nitrogen and oxygen atoms in total.